The van der Waals surface area contributed by atoms with Crippen molar-refractivity contribution < 1.29 is 9.47 Å². The Kier molecular flexibility index (Phi) is 12.3. The maximum absolute atomic E-state index is 5.89. The number of rotatable bonds is 14. The van der Waals surface area contributed by atoms with Crippen LogP contribution in [0, 0.1) is 0 Å². The van der Waals surface area contributed by atoms with Crippen LogP contribution in [0.3, 0.4) is 0 Å². The summed E-state index contributed by atoms with van der Waals surface area (Å²) in [4.78, 5) is 0. The van der Waals surface area contributed by atoms with E-state index in [1.165, 1.54) is 77.0 Å². The summed E-state index contributed by atoms with van der Waals surface area (Å²) in [5.41, 5.74) is 0. The Hall–Kier alpha value is -0.0800. The van der Waals surface area contributed by atoms with Crippen molar-refractivity contribution in [3.05, 3.63) is 0 Å². The molecular formula is C19H38O2. The second-order valence-corrected chi connectivity index (χ2v) is 6.62. The quantitative estimate of drug-likeness (QED) is 0.373. The van der Waals surface area contributed by atoms with E-state index in [9.17, 15) is 0 Å². The van der Waals surface area contributed by atoms with E-state index in [1.807, 2.05) is 0 Å². The van der Waals surface area contributed by atoms with Gasteiger partial charge in [-0.05, 0) is 25.7 Å². The molecule has 1 aliphatic heterocycles. The van der Waals surface area contributed by atoms with Crippen molar-refractivity contribution in [3.63, 3.8) is 0 Å². The predicted molar refractivity (Wildman–Crippen MR) is 90.8 cm³/mol. The fourth-order valence-electron chi connectivity index (χ4n) is 3.11. The summed E-state index contributed by atoms with van der Waals surface area (Å²) in [5, 5.41) is 0. The lowest BCUT2D eigenvalue weighted by Crippen LogP contribution is -2.17. The van der Waals surface area contributed by atoms with Crippen LogP contribution in [0.15, 0.2) is 0 Å². The molecule has 0 N–H and O–H groups in total. The van der Waals surface area contributed by atoms with Crippen molar-refractivity contribution in [2.45, 2.75) is 110 Å². The molecule has 0 aromatic carbocycles. The van der Waals surface area contributed by atoms with Gasteiger partial charge in [0.1, 0.15) is 0 Å². The minimum Gasteiger partial charge on any atom is -0.379 e. The molecular weight excluding hydrogens is 260 g/mol. The van der Waals surface area contributed by atoms with Gasteiger partial charge in [-0.2, -0.15) is 0 Å². The number of hydrogen-bond donors (Lipinski definition) is 0. The average molecular weight is 299 g/mol. The Balaban J connectivity index is 1.73. The van der Waals surface area contributed by atoms with Crippen molar-refractivity contribution in [1.82, 2.24) is 0 Å². The molecule has 0 aromatic heterocycles. The third-order valence-electron chi connectivity index (χ3n) is 4.60. The van der Waals surface area contributed by atoms with Crippen molar-refractivity contribution in [2.24, 2.45) is 0 Å². The van der Waals surface area contributed by atoms with Crippen LogP contribution in [-0.4, -0.2) is 25.4 Å². The Morgan fingerprint density at radius 2 is 1.33 bits per heavy atom. The topological polar surface area (TPSA) is 18.5 Å². The lowest BCUT2D eigenvalue weighted by atomic mass is 10.1. The van der Waals surface area contributed by atoms with E-state index in [4.69, 9.17) is 9.47 Å². The third kappa shape index (κ3) is 10.3. The third-order valence-corrected chi connectivity index (χ3v) is 4.60. The first-order valence-electron chi connectivity index (χ1n) is 9.60. The molecule has 0 bridgehead atoms. The summed E-state index contributed by atoms with van der Waals surface area (Å²) in [6, 6.07) is 0. The van der Waals surface area contributed by atoms with Gasteiger partial charge in [0.2, 0.25) is 0 Å². The van der Waals surface area contributed by atoms with Gasteiger partial charge in [-0.1, -0.05) is 71.6 Å². The Labute approximate surface area is 133 Å². The summed E-state index contributed by atoms with van der Waals surface area (Å²) < 4.78 is 11.6. The minimum atomic E-state index is 0.373. The number of unbranched alkanes of at least 4 members (excludes halogenated alkanes) is 9. The Morgan fingerprint density at radius 3 is 1.90 bits per heavy atom. The van der Waals surface area contributed by atoms with Crippen LogP contribution in [0.2, 0.25) is 0 Å². The second kappa shape index (κ2) is 13.6. The van der Waals surface area contributed by atoms with Crippen LogP contribution < -0.4 is 0 Å². The van der Waals surface area contributed by atoms with Crippen LogP contribution in [0.5, 0.6) is 0 Å². The van der Waals surface area contributed by atoms with Gasteiger partial charge in [0.15, 0.2) is 0 Å². The van der Waals surface area contributed by atoms with Gasteiger partial charge in [0.25, 0.3) is 0 Å². The van der Waals surface area contributed by atoms with E-state index in [0.29, 0.717) is 12.2 Å². The van der Waals surface area contributed by atoms with Crippen molar-refractivity contribution in [3.8, 4) is 0 Å². The van der Waals surface area contributed by atoms with Gasteiger partial charge >= 0.3 is 0 Å². The molecule has 0 aliphatic carbocycles. The molecule has 1 heterocycles. The van der Waals surface area contributed by atoms with Gasteiger partial charge in [-0.25, -0.2) is 0 Å². The first-order valence-corrected chi connectivity index (χ1v) is 9.60. The van der Waals surface area contributed by atoms with Crippen molar-refractivity contribution in [1.29, 1.82) is 0 Å². The van der Waals surface area contributed by atoms with Crippen LogP contribution in [0.4, 0.5) is 0 Å². The molecule has 0 saturated carbocycles. The molecule has 21 heavy (non-hydrogen) atoms. The van der Waals surface area contributed by atoms with Gasteiger partial charge in [-0.3, -0.25) is 0 Å². The monoisotopic (exact) mass is 298 g/mol. The lowest BCUT2D eigenvalue weighted by Gasteiger charge is -2.12. The standard InChI is InChI=1S/C19H38O2/c1-3-5-6-7-8-9-10-11-12-13-16-20-17-19-15-14-18(4-2)21-19/h18-19H,3-17H2,1-2H3/t18-,19+/m1/s1. The molecule has 0 unspecified atom stereocenters. The summed E-state index contributed by atoms with van der Waals surface area (Å²) >= 11 is 0. The molecule has 2 atom stereocenters. The zero-order chi connectivity index (χ0) is 15.2. The Bertz CT molecular complexity index is 218. The van der Waals surface area contributed by atoms with Crippen LogP contribution in [0.1, 0.15) is 97.3 Å². The average Bonchev–Trinajstić information content (AvgIpc) is 2.96. The molecule has 0 radical (unpaired) electrons. The molecule has 0 aromatic rings. The maximum atomic E-state index is 5.89. The highest BCUT2D eigenvalue weighted by molar-refractivity contribution is 4.72. The van der Waals surface area contributed by atoms with Crippen molar-refractivity contribution >= 4 is 0 Å². The van der Waals surface area contributed by atoms with E-state index in [2.05, 4.69) is 13.8 Å². The zero-order valence-electron chi connectivity index (χ0n) is 14.6. The fraction of sp³-hybridized carbons (Fsp3) is 1.00. The molecule has 0 spiro atoms. The smallest absolute Gasteiger partial charge is 0.0813 e. The molecule has 2 heteroatoms. The van der Waals surface area contributed by atoms with Crippen LogP contribution in [-0.2, 0) is 9.47 Å². The molecule has 2 nitrogen and oxygen atoms in total. The highest BCUT2D eigenvalue weighted by atomic mass is 16.5. The molecule has 126 valence electrons. The van der Waals surface area contributed by atoms with Gasteiger partial charge in [-0.15, -0.1) is 0 Å². The normalized spacial score (nSPS) is 22.0. The molecule has 1 aliphatic rings. The fourth-order valence-corrected chi connectivity index (χ4v) is 3.11. The van der Waals surface area contributed by atoms with Crippen LogP contribution >= 0.6 is 0 Å². The minimum absolute atomic E-state index is 0.373. The maximum Gasteiger partial charge on any atom is 0.0813 e. The molecule has 0 amide bonds. The van der Waals surface area contributed by atoms with Gasteiger partial charge in [0, 0.05) is 6.61 Å². The van der Waals surface area contributed by atoms with Crippen LogP contribution in [0.25, 0.3) is 0 Å². The zero-order valence-corrected chi connectivity index (χ0v) is 14.6. The summed E-state index contributed by atoms with van der Waals surface area (Å²) in [6.45, 7) is 6.22. The first kappa shape index (κ1) is 19.0. The predicted octanol–water partition coefficient (Wildman–Crippen LogP) is 5.88. The highest BCUT2D eigenvalue weighted by Gasteiger charge is 2.23. The van der Waals surface area contributed by atoms with E-state index in [-0.39, 0.29) is 0 Å². The van der Waals surface area contributed by atoms with Gasteiger partial charge < -0.3 is 9.47 Å². The van der Waals surface area contributed by atoms with Gasteiger partial charge in [0.05, 0.1) is 18.8 Å². The SMILES string of the molecule is CCCCCCCCCCCCOC[C@@H]1CC[C@@H](CC)O1. The van der Waals surface area contributed by atoms with E-state index in [0.717, 1.165) is 19.6 Å². The summed E-state index contributed by atoms with van der Waals surface area (Å²) in [7, 11) is 0. The molecule has 1 rings (SSSR count). The lowest BCUT2D eigenvalue weighted by molar-refractivity contribution is -0.0163. The second-order valence-electron chi connectivity index (χ2n) is 6.62. The number of ether oxygens (including phenoxy) is 2. The van der Waals surface area contributed by atoms with Crippen molar-refractivity contribution in [2.75, 3.05) is 13.2 Å². The molecule has 1 fully saturated rings. The van der Waals surface area contributed by atoms with E-state index >= 15 is 0 Å². The summed E-state index contributed by atoms with van der Waals surface area (Å²) in [5.74, 6) is 0. The Morgan fingerprint density at radius 1 is 0.762 bits per heavy atom. The summed E-state index contributed by atoms with van der Waals surface area (Å²) in [6.07, 6.45) is 18.3. The number of hydrogen-bond acceptors (Lipinski definition) is 2. The molecule has 1 saturated heterocycles. The largest absolute Gasteiger partial charge is 0.379 e. The van der Waals surface area contributed by atoms with E-state index in [1.54, 1.807) is 0 Å². The van der Waals surface area contributed by atoms with E-state index < -0.39 is 0 Å². The first-order chi connectivity index (χ1) is 10.4. The highest BCUT2D eigenvalue weighted by Crippen LogP contribution is 2.22.